The monoisotopic (exact) mass is 389 g/mol. The standard InChI is InChI=1S/C19H24ClN5S/c1-23-6-8-24(9-7-23)25-13-15-12-22-19(20)11-17(15)18(14-25)21-5-4-16-3-2-10-26-16/h2-3,10-12,14,21H,4-9,13H2,1H3. The van der Waals surface area contributed by atoms with Crippen molar-refractivity contribution in [1.29, 1.82) is 0 Å². The van der Waals surface area contributed by atoms with E-state index in [9.17, 15) is 0 Å². The van der Waals surface area contributed by atoms with Gasteiger partial charge in [0, 0.05) is 61.1 Å². The lowest BCUT2D eigenvalue weighted by molar-refractivity contribution is -0.0226. The average molecular weight is 390 g/mol. The van der Waals surface area contributed by atoms with Crippen molar-refractivity contribution in [3.05, 3.63) is 57.1 Å². The lowest BCUT2D eigenvalue weighted by Crippen LogP contribution is -2.51. The summed E-state index contributed by atoms with van der Waals surface area (Å²) in [6.07, 6.45) is 5.17. The Balaban J connectivity index is 1.51. The molecule has 0 radical (unpaired) electrons. The van der Waals surface area contributed by atoms with Gasteiger partial charge in [-0.2, -0.15) is 0 Å². The number of hydrazine groups is 1. The molecule has 138 valence electrons. The number of fused-ring (bicyclic) bond motifs is 1. The van der Waals surface area contributed by atoms with Crippen LogP contribution in [0.1, 0.15) is 16.0 Å². The van der Waals surface area contributed by atoms with E-state index in [1.165, 1.54) is 16.0 Å². The molecule has 4 heterocycles. The van der Waals surface area contributed by atoms with Gasteiger partial charge >= 0.3 is 0 Å². The summed E-state index contributed by atoms with van der Waals surface area (Å²) >= 11 is 7.97. The minimum atomic E-state index is 0.544. The van der Waals surface area contributed by atoms with E-state index in [2.05, 4.69) is 56.0 Å². The Morgan fingerprint density at radius 3 is 2.88 bits per heavy atom. The molecule has 2 aliphatic rings. The van der Waals surface area contributed by atoms with E-state index >= 15 is 0 Å². The molecule has 0 unspecified atom stereocenters. The Kier molecular flexibility index (Phi) is 5.45. The van der Waals surface area contributed by atoms with Crippen LogP contribution < -0.4 is 5.32 Å². The van der Waals surface area contributed by atoms with Gasteiger partial charge in [-0.05, 0) is 31.0 Å². The van der Waals surface area contributed by atoms with Gasteiger partial charge in [-0.3, -0.25) is 0 Å². The number of piperazine rings is 1. The minimum absolute atomic E-state index is 0.544. The predicted octanol–water partition coefficient (Wildman–Crippen LogP) is 2.91. The van der Waals surface area contributed by atoms with Crippen LogP contribution in [0.4, 0.5) is 0 Å². The topological polar surface area (TPSA) is 34.6 Å². The molecule has 26 heavy (non-hydrogen) atoms. The third kappa shape index (κ3) is 4.04. The van der Waals surface area contributed by atoms with Gasteiger partial charge in [-0.25, -0.2) is 9.99 Å². The van der Waals surface area contributed by atoms with E-state index < -0.39 is 0 Å². The summed E-state index contributed by atoms with van der Waals surface area (Å²) in [5.74, 6) is 0. The third-order valence-corrected chi connectivity index (χ3v) is 6.11. The first kappa shape index (κ1) is 17.8. The van der Waals surface area contributed by atoms with Crippen LogP contribution >= 0.6 is 22.9 Å². The molecule has 2 aromatic rings. The summed E-state index contributed by atoms with van der Waals surface area (Å²) in [5, 5.41) is 11.1. The third-order valence-electron chi connectivity index (χ3n) is 4.96. The molecule has 5 nitrogen and oxygen atoms in total. The lowest BCUT2D eigenvalue weighted by atomic mass is 10.0. The van der Waals surface area contributed by atoms with Gasteiger partial charge in [0.1, 0.15) is 5.15 Å². The van der Waals surface area contributed by atoms with Crippen LogP contribution in [0.5, 0.6) is 0 Å². The number of thiophene rings is 1. The van der Waals surface area contributed by atoms with Crippen LogP contribution in [0.25, 0.3) is 5.70 Å². The molecule has 1 saturated heterocycles. The first-order valence-corrected chi connectivity index (χ1v) is 10.3. The van der Waals surface area contributed by atoms with Gasteiger partial charge in [0.2, 0.25) is 0 Å². The van der Waals surface area contributed by atoms with E-state index in [0.29, 0.717) is 5.15 Å². The molecule has 7 heteroatoms. The fourth-order valence-electron chi connectivity index (χ4n) is 3.42. The minimum Gasteiger partial charge on any atom is -0.383 e. The van der Waals surface area contributed by atoms with Gasteiger partial charge in [-0.15, -0.1) is 11.3 Å². The molecular weight excluding hydrogens is 366 g/mol. The number of aromatic nitrogens is 1. The van der Waals surface area contributed by atoms with Gasteiger partial charge in [0.25, 0.3) is 0 Å². The second kappa shape index (κ2) is 7.96. The normalized spacial score (nSPS) is 18.5. The predicted molar refractivity (Wildman–Crippen MR) is 108 cm³/mol. The summed E-state index contributed by atoms with van der Waals surface area (Å²) in [6, 6.07) is 6.27. The van der Waals surface area contributed by atoms with Crippen molar-refractivity contribution in [2.24, 2.45) is 0 Å². The second-order valence-corrected chi connectivity index (χ2v) is 8.24. The Morgan fingerprint density at radius 1 is 1.27 bits per heavy atom. The van der Waals surface area contributed by atoms with Crippen LogP contribution in [0.2, 0.25) is 5.15 Å². The summed E-state index contributed by atoms with van der Waals surface area (Å²) in [4.78, 5) is 8.07. The molecule has 0 spiro atoms. The zero-order valence-corrected chi connectivity index (χ0v) is 16.6. The first-order valence-electron chi connectivity index (χ1n) is 9.02. The number of likely N-dealkylation sites (N-methyl/N-ethyl adjacent to an activating group) is 1. The number of hydrogen-bond donors (Lipinski definition) is 1. The fourth-order valence-corrected chi connectivity index (χ4v) is 4.29. The zero-order valence-electron chi connectivity index (χ0n) is 15.0. The highest BCUT2D eigenvalue weighted by Gasteiger charge is 2.24. The molecule has 2 aliphatic heterocycles. The van der Waals surface area contributed by atoms with Crippen LogP contribution in [0, 0.1) is 0 Å². The Bertz CT molecular complexity index is 768. The highest BCUT2D eigenvalue weighted by Crippen LogP contribution is 2.28. The number of hydrogen-bond acceptors (Lipinski definition) is 6. The van der Waals surface area contributed by atoms with E-state index in [0.717, 1.165) is 51.4 Å². The number of pyridine rings is 1. The zero-order chi connectivity index (χ0) is 17.9. The summed E-state index contributed by atoms with van der Waals surface area (Å²) in [7, 11) is 2.18. The van der Waals surface area contributed by atoms with Crippen molar-refractivity contribution in [3.63, 3.8) is 0 Å². The van der Waals surface area contributed by atoms with Gasteiger partial charge in [0.05, 0.1) is 12.2 Å². The smallest absolute Gasteiger partial charge is 0.129 e. The molecule has 0 atom stereocenters. The number of halogens is 1. The first-order chi connectivity index (χ1) is 12.7. The molecule has 2 aromatic heterocycles. The van der Waals surface area contributed by atoms with Crippen LogP contribution in [-0.2, 0) is 13.0 Å². The van der Waals surface area contributed by atoms with E-state index in [1.807, 2.05) is 23.6 Å². The molecule has 1 N–H and O–H groups in total. The summed E-state index contributed by atoms with van der Waals surface area (Å²) in [6.45, 7) is 6.04. The molecule has 1 fully saturated rings. The number of nitrogens with one attached hydrogen (secondary N) is 1. The molecule has 0 aliphatic carbocycles. The number of rotatable bonds is 5. The quantitative estimate of drug-likeness (QED) is 0.795. The van der Waals surface area contributed by atoms with Crippen molar-refractivity contribution >= 4 is 28.6 Å². The van der Waals surface area contributed by atoms with Gasteiger partial charge in [-0.1, -0.05) is 17.7 Å². The average Bonchev–Trinajstić information content (AvgIpc) is 3.16. The largest absolute Gasteiger partial charge is 0.383 e. The molecule has 0 aromatic carbocycles. The van der Waals surface area contributed by atoms with Crippen molar-refractivity contribution in [2.75, 3.05) is 39.8 Å². The van der Waals surface area contributed by atoms with Gasteiger partial charge < -0.3 is 15.2 Å². The molecule has 0 amide bonds. The summed E-state index contributed by atoms with van der Waals surface area (Å²) in [5.41, 5.74) is 3.52. The van der Waals surface area contributed by atoms with Crippen molar-refractivity contribution in [3.8, 4) is 0 Å². The number of nitrogens with zero attached hydrogens (tertiary/aromatic N) is 4. The highest BCUT2D eigenvalue weighted by molar-refractivity contribution is 7.09. The van der Waals surface area contributed by atoms with E-state index in [4.69, 9.17) is 11.6 Å². The Hall–Kier alpha value is -1.60. The highest BCUT2D eigenvalue weighted by atomic mass is 35.5. The summed E-state index contributed by atoms with van der Waals surface area (Å²) < 4.78 is 0. The molecular formula is C19H24ClN5S. The Labute approximate surface area is 163 Å². The molecule has 0 bridgehead atoms. The maximum absolute atomic E-state index is 6.16. The van der Waals surface area contributed by atoms with E-state index in [1.54, 1.807) is 0 Å². The van der Waals surface area contributed by atoms with Crippen molar-refractivity contribution < 1.29 is 0 Å². The molecule has 0 saturated carbocycles. The van der Waals surface area contributed by atoms with Crippen molar-refractivity contribution in [1.82, 2.24) is 25.2 Å². The van der Waals surface area contributed by atoms with Crippen LogP contribution in [0.3, 0.4) is 0 Å². The Morgan fingerprint density at radius 2 is 2.12 bits per heavy atom. The fraction of sp³-hybridized carbons (Fsp3) is 0.421. The van der Waals surface area contributed by atoms with Gasteiger partial charge in [0.15, 0.2) is 0 Å². The van der Waals surface area contributed by atoms with E-state index in [-0.39, 0.29) is 0 Å². The van der Waals surface area contributed by atoms with Crippen LogP contribution in [0.15, 0.2) is 36.0 Å². The second-order valence-electron chi connectivity index (χ2n) is 6.82. The SMILES string of the molecule is CN1CCN(N2C=C(NCCc3cccs3)c3cc(Cl)ncc3C2)CC1. The van der Waals surface area contributed by atoms with Crippen LogP contribution in [-0.4, -0.2) is 59.7 Å². The molecule has 4 rings (SSSR count). The maximum Gasteiger partial charge on any atom is 0.129 e. The lowest BCUT2D eigenvalue weighted by Gasteiger charge is -2.42. The maximum atomic E-state index is 6.16. The van der Waals surface area contributed by atoms with Crippen molar-refractivity contribution in [2.45, 2.75) is 13.0 Å².